The maximum absolute atomic E-state index is 12.3. The second-order valence-electron chi connectivity index (χ2n) is 3.86. The highest BCUT2D eigenvalue weighted by Crippen LogP contribution is 2.19. The van der Waals surface area contributed by atoms with Gasteiger partial charge in [0.1, 0.15) is 0 Å². The molecule has 0 aliphatic carbocycles. The van der Waals surface area contributed by atoms with Gasteiger partial charge in [-0.2, -0.15) is 0 Å². The summed E-state index contributed by atoms with van der Waals surface area (Å²) in [5, 5.41) is 1.86. The zero-order valence-electron chi connectivity index (χ0n) is 11.4. The Balaban J connectivity index is 2.57. The fourth-order valence-corrected chi connectivity index (χ4v) is 2.66. The SMILES string of the molecule is CCOCCN(CCOCC)C(=O)c1cc(S)cs1. The molecule has 108 valence electrons. The average molecular weight is 303 g/mol. The van der Waals surface area contributed by atoms with E-state index in [0.29, 0.717) is 44.4 Å². The van der Waals surface area contributed by atoms with Crippen molar-refractivity contribution in [2.45, 2.75) is 18.7 Å². The number of thiophene rings is 1. The molecule has 1 aromatic heterocycles. The molecular formula is C13H21NO3S2. The van der Waals surface area contributed by atoms with E-state index in [1.807, 2.05) is 19.2 Å². The van der Waals surface area contributed by atoms with Gasteiger partial charge >= 0.3 is 0 Å². The van der Waals surface area contributed by atoms with Crippen LogP contribution in [0.2, 0.25) is 0 Å². The lowest BCUT2D eigenvalue weighted by atomic mass is 10.3. The number of hydrogen-bond donors (Lipinski definition) is 1. The maximum Gasteiger partial charge on any atom is 0.264 e. The molecule has 1 aromatic rings. The summed E-state index contributed by atoms with van der Waals surface area (Å²) in [5.74, 6) is 0.0182. The van der Waals surface area contributed by atoms with E-state index in [0.717, 1.165) is 4.90 Å². The predicted octanol–water partition coefficient (Wildman–Crippen LogP) is 2.55. The van der Waals surface area contributed by atoms with E-state index in [9.17, 15) is 4.79 Å². The number of hydrogen-bond acceptors (Lipinski definition) is 5. The van der Waals surface area contributed by atoms with Gasteiger partial charge in [0.25, 0.3) is 5.91 Å². The lowest BCUT2D eigenvalue weighted by molar-refractivity contribution is 0.0554. The van der Waals surface area contributed by atoms with Crippen LogP contribution in [-0.2, 0) is 9.47 Å². The van der Waals surface area contributed by atoms with Gasteiger partial charge in [-0.3, -0.25) is 4.79 Å². The third-order valence-corrected chi connectivity index (χ3v) is 3.85. The Morgan fingerprint density at radius 1 is 1.26 bits per heavy atom. The molecule has 0 bridgehead atoms. The molecule has 1 rings (SSSR count). The van der Waals surface area contributed by atoms with Gasteiger partial charge in [-0.15, -0.1) is 24.0 Å². The van der Waals surface area contributed by atoms with Crippen LogP contribution in [0.15, 0.2) is 16.3 Å². The third-order valence-electron chi connectivity index (χ3n) is 2.50. The van der Waals surface area contributed by atoms with Gasteiger partial charge in [-0.1, -0.05) is 0 Å². The van der Waals surface area contributed by atoms with Gasteiger partial charge in [0.15, 0.2) is 0 Å². The summed E-state index contributed by atoms with van der Waals surface area (Å²) >= 11 is 5.65. The standard InChI is InChI=1S/C13H21NO3S2/c1-3-16-7-5-14(6-8-17-4-2)13(15)12-9-11(18)10-19-12/h9-10,18H,3-8H2,1-2H3. The molecule has 0 saturated carbocycles. The van der Waals surface area contributed by atoms with E-state index in [-0.39, 0.29) is 5.91 Å². The van der Waals surface area contributed by atoms with Crippen molar-refractivity contribution in [1.82, 2.24) is 4.90 Å². The van der Waals surface area contributed by atoms with E-state index in [2.05, 4.69) is 12.6 Å². The van der Waals surface area contributed by atoms with Crippen molar-refractivity contribution >= 4 is 29.9 Å². The summed E-state index contributed by atoms with van der Waals surface area (Å²) in [6.07, 6.45) is 0. The first-order valence-electron chi connectivity index (χ1n) is 6.41. The largest absolute Gasteiger partial charge is 0.380 e. The highest BCUT2D eigenvalue weighted by molar-refractivity contribution is 7.80. The first-order valence-corrected chi connectivity index (χ1v) is 7.74. The van der Waals surface area contributed by atoms with Crippen molar-refractivity contribution in [1.29, 1.82) is 0 Å². The van der Waals surface area contributed by atoms with Crippen molar-refractivity contribution in [3.8, 4) is 0 Å². The smallest absolute Gasteiger partial charge is 0.264 e. The molecule has 0 radical (unpaired) electrons. The Bertz CT molecular complexity index is 372. The second-order valence-corrected chi connectivity index (χ2v) is 5.28. The van der Waals surface area contributed by atoms with Crippen molar-refractivity contribution in [2.75, 3.05) is 39.5 Å². The zero-order valence-corrected chi connectivity index (χ0v) is 13.1. The molecule has 1 amide bonds. The molecule has 6 heteroatoms. The van der Waals surface area contributed by atoms with Crippen LogP contribution < -0.4 is 0 Å². The van der Waals surface area contributed by atoms with Crippen LogP contribution in [0.3, 0.4) is 0 Å². The molecule has 0 spiro atoms. The number of thiol groups is 1. The quantitative estimate of drug-likeness (QED) is 0.563. The van der Waals surface area contributed by atoms with Crippen molar-refractivity contribution < 1.29 is 14.3 Å². The summed E-state index contributed by atoms with van der Waals surface area (Å²) < 4.78 is 10.6. The average Bonchev–Trinajstić information content (AvgIpc) is 2.83. The summed E-state index contributed by atoms with van der Waals surface area (Å²) in [6.45, 7) is 7.47. The van der Waals surface area contributed by atoms with E-state index in [1.54, 1.807) is 11.0 Å². The minimum atomic E-state index is 0.0182. The van der Waals surface area contributed by atoms with Gasteiger partial charge in [-0.25, -0.2) is 0 Å². The Hall–Kier alpha value is -0.560. The van der Waals surface area contributed by atoms with Crippen LogP contribution >= 0.6 is 24.0 Å². The molecule has 0 aliphatic rings. The fraction of sp³-hybridized carbons (Fsp3) is 0.615. The lowest BCUT2D eigenvalue weighted by Crippen LogP contribution is -2.36. The normalized spacial score (nSPS) is 10.7. The Kier molecular flexibility index (Phi) is 8.13. The molecule has 0 N–H and O–H groups in total. The first kappa shape index (κ1) is 16.5. The topological polar surface area (TPSA) is 38.8 Å². The zero-order chi connectivity index (χ0) is 14.1. The molecular weight excluding hydrogens is 282 g/mol. The number of ether oxygens (including phenoxy) is 2. The number of carbonyl (C=O) groups is 1. The van der Waals surface area contributed by atoms with Crippen LogP contribution in [0, 0.1) is 0 Å². The van der Waals surface area contributed by atoms with Crippen LogP contribution in [0.5, 0.6) is 0 Å². The Morgan fingerprint density at radius 3 is 2.26 bits per heavy atom. The second kappa shape index (κ2) is 9.36. The number of carbonyl (C=O) groups excluding carboxylic acids is 1. The van der Waals surface area contributed by atoms with E-state index < -0.39 is 0 Å². The highest BCUT2D eigenvalue weighted by atomic mass is 32.1. The van der Waals surface area contributed by atoms with Crippen LogP contribution in [0.25, 0.3) is 0 Å². The van der Waals surface area contributed by atoms with Crippen LogP contribution in [0.1, 0.15) is 23.5 Å². The molecule has 0 aliphatic heterocycles. The molecule has 0 fully saturated rings. The van der Waals surface area contributed by atoms with E-state index >= 15 is 0 Å². The minimum absolute atomic E-state index is 0.0182. The Labute approximate surface area is 124 Å². The molecule has 19 heavy (non-hydrogen) atoms. The third kappa shape index (κ3) is 5.95. The van der Waals surface area contributed by atoms with Gasteiger partial charge in [-0.05, 0) is 19.9 Å². The van der Waals surface area contributed by atoms with Crippen LogP contribution in [0.4, 0.5) is 0 Å². The van der Waals surface area contributed by atoms with E-state index in [4.69, 9.17) is 9.47 Å². The predicted molar refractivity (Wildman–Crippen MR) is 80.5 cm³/mol. The molecule has 1 heterocycles. The molecule has 4 nitrogen and oxygen atoms in total. The monoisotopic (exact) mass is 303 g/mol. The summed E-state index contributed by atoms with van der Waals surface area (Å²) in [6, 6.07) is 1.80. The first-order chi connectivity index (χ1) is 9.19. The summed E-state index contributed by atoms with van der Waals surface area (Å²) in [7, 11) is 0. The minimum Gasteiger partial charge on any atom is -0.380 e. The van der Waals surface area contributed by atoms with Crippen molar-refractivity contribution in [3.05, 3.63) is 16.3 Å². The summed E-state index contributed by atoms with van der Waals surface area (Å²) in [4.78, 5) is 15.6. The molecule has 0 aromatic carbocycles. The fourth-order valence-electron chi connectivity index (χ4n) is 1.55. The number of rotatable bonds is 9. The highest BCUT2D eigenvalue weighted by Gasteiger charge is 2.17. The lowest BCUT2D eigenvalue weighted by Gasteiger charge is -2.21. The van der Waals surface area contributed by atoms with Gasteiger partial charge in [0.2, 0.25) is 0 Å². The maximum atomic E-state index is 12.3. The van der Waals surface area contributed by atoms with Crippen molar-refractivity contribution in [2.24, 2.45) is 0 Å². The molecule has 0 saturated heterocycles. The summed E-state index contributed by atoms with van der Waals surface area (Å²) in [5.41, 5.74) is 0. The number of amides is 1. The van der Waals surface area contributed by atoms with Crippen LogP contribution in [-0.4, -0.2) is 50.3 Å². The molecule has 0 unspecified atom stereocenters. The van der Waals surface area contributed by atoms with E-state index in [1.165, 1.54) is 11.3 Å². The Morgan fingerprint density at radius 2 is 1.84 bits per heavy atom. The number of nitrogens with zero attached hydrogens (tertiary/aromatic N) is 1. The van der Waals surface area contributed by atoms with Gasteiger partial charge in [0.05, 0.1) is 18.1 Å². The molecule has 0 atom stereocenters. The van der Waals surface area contributed by atoms with Gasteiger partial charge < -0.3 is 14.4 Å². The van der Waals surface area contributed by atoms with Gasteiger partial charge in [0, 0.05) is 36.6 Å². The van der Waals surface area contributed by atoms with Crippen molar-refractivity contribution in [3.63, 3.8) is 0 Å².